The van der Waals surface area contributed by atoms with Crippen LogP contribution in [-0.4, -0.2) is 56.4 Å². The summed E-state index contributed by atoms with van der Waals surface area (Å²) >= 11 is 0. The molecule has 9 heteroatoms. The summed E-state index contributed by atoms with van der Waals surface area (Å²) in [5.74, 6) is -0.272. The van der Waals surface area contributed by atoms with Crippen LogP contribution in [0.15, 0.2) is 42.9 Å². The Balaban J connectivity index is 1.73. The van der Waals surface area contributed by atoms with E-state index in [9.17, 15) is 28.2 Å². The van der Waals surface area contributed by atoms with Gasteiger partial charge in [-0.05, 0) is 57.2 Å². The third kappa shape index (κ3) is 4.49. The van der Waals surface area contributed by atoms with Crippen molar-refractivity contribution < 1.29 is 28.2 Å². The lowest BCUT2D eigenvalue weighted by Gasteiger charge is -2.42. The van der Waals surface area contributed by atoms with E-state index >= 15 is 0 Å². The van der Waals surface area contributed by atoms with Crippen LogP contribution in [0.25, 0.3) is 0 Å². The van der Waals surface area contributed by atoms with Crippen LogP contribution in [0.5, 0.6) is 0 Å². The number of hydrogen-bond acceptors (Lipinski definition) is 5. The molecule has 0 bridgehead atoms. The summed E-state index contributed by atoms with van der Waals surface area (Å²) in [6.45, 7) is 2.94. The number of nitrogens with zero attached hydrogens (tertiary/aromatic N) is 3. The minimum Gasteiger partial charge on any atom is -0.395 e. The number of amides is 1. The Labute approximate surface area is 185 Å². The molecular weight excluding hydrogens is 423 g/mol. The topological polar surface area (TPSA) is 86.6 Å². The summed E-state index contributed by atoms with van der Waals surface area (Å²) < 4.78 is 39.2. The molecule has 3 rings (SSSR count). The van der Waals surface area contributed by atoms with Crippen molar-refractivity contribution in [1.82, 2.24) is 14.9 Å². The summed E-state index contributed by atoms with van der Waals surface area (Å²) in [4.78, 5) is 23.3. The number of benzene rings is 1. The van der Waals surface area contributed by atoms with Gasteiger partial charge in [0.15, 0.2) is 5.60 Å². The number of aliphatic hydroxyl groups excluding tert-OH is 1. The molecule has 0 aliphatic heterocycles. The van der Waals surface area contributed by atoms with Crippen molar-refractivity contribution in [3.05, 3.63) is 59.7 Å². The summed E-state index contributed by atoms with van der Waals surface area (Å²) in [6.07, 6.45) is 2.63. The van der Waals surface area contributed by atoms with E-state index in [2.05, 4.69) is 9.97 Å². The largest absolute Gasteiger partial charge is 0.421 e. The molecule has 2 N–H and O–H groups in total. The van der Waals surface area contributed by atoms with Gasteiger partial charge in [-0.1, -0.05) is 12.1 Å². The van der Waals surface area contributed by atoms with E-state index in [0.717, 1.165) is 17.8 Å². The highest BCUT2D eigenvalue weighted by atomic mass is 19.4. The number of hydrogen-bond donors (Lipinski definition) is 2. The molecule has 1 amide bonds. The molecule has 2 aromatic rings. The SMILES string of the molecule is CCN(C(=O)c1ccc([C@](C)(O)C(F)(F)F)cc1)[C@H]1CC[C@](CO)(c2cnccn2)CC1. The van der Waals surface area contributed by atoms with Gasteiger partial charge in [-0.25, -0.2) is 0 Å². The second-order valence-corrected chi connectivity index (χ2v) is 8.50. The average Bonchev–Trinajstić information content (AvgIpc) is 2.80. The van der Waals surface area contributed by atoms with Gasteiger partial charge in [-0.2, -0.15) is 13.2 Å². The normalized spacial score (nSPS) is 23.4. The van der Waals surface area contributed by atoms with Crippen LogP contribution >= 0.6 is 0 Å². The molecule has 0 saturated heterocycles. The summed E-state index contributed by atoms with van der Waals surface area (Å²) in [5, 5.41) is 19.9. The van der Waals surface area contributed by atoms with Crippen LogP contribution in [0.1, 0.15) is 61.1 Å². The second kappa shape index (κ2) is 9.15. The van der Waals surface area contributed by atoms with Gasteiger partial charge in [0.1, 0.15) is 0 Å². The highest BCUT2D eigenvalue weighted by Gasteiger charge is 2.51. The first-order valence-electron chi connectivity index (χ1n) is 10.6. The maximum Gasteiger partial charge on any atom is 0.421 e. The lowest BCUT2D eigenvalue weighted by Crippen LogP contribution is -2.46. The summed E-state index contributed by atoms with van der Waals surface area (Å²) in [7, 11) is 0. The lowest BCUT2D eigenvalue weighted by molar-refractivity contribution is -0.258. The van der Waals surface area contributed by atoms with E-state index in [4.69, 9.17) is 0 Å². The Morgan fingerprint density at radius 2 is 1.81 bits per heavy atom. The second-order valence-electron chi connectivity index (χ2n) is 8.50. The van der Waals surface area contributed by atoms with Gasteiger partial charge in [0.25, 0.3) is 5.91 Å². The van der Waals surface area contributed by atoms with Gasteiger partial charge in [-0.3, -0.25) is 14.8 Å². The molecule has 32 heavy (non-hydrogen) atoms. The molecule has 0 unspecified atom stereocenters. The molecular formula is C23H28F3N3O3. The molecule has 1 fully saturated rings. The van der Waals surface area contributed by atoms with Crippen LogP contribution < -0.4 is 0 Å². The number of aliphatic hydroxyl groups is 2. The van der Waals surface area contributed by atoms with E-state index in [1.165, 1.54) is 12.1 Å². The number of alkyl halides is 3. The Hall–Kier alpha value is -2.52. The molecule has 1 saturated carbocycles. The van der Waals surface area contributed by atoms with Gasteiger partial charge < -0.3 is 15.1 Å². The van der Waals surface area contributed by atoms with E-state index in [1.807, 2.05) is 6.92 Å². The standard InChI is InChI=1S/C23H28F3N3O3/c1-3-29(18-8-10-22(15-30,11-9-18)19-14-27-12-13-28-19)20(31)16-4-6-17(7-5-16)21(2,32)23(24,25)26/h4-7,12-14,18,30,32H,3,8-11,15H2,1-2H3/t18-,21-,22-/m0/s1. The van der Waals surface area contributed by atoms with Crippen molar-refractivity contribution in [1.29, 1.82) is 0 Å². The monoisotopic (exact) mass is 451 g/mol. The third-order valence-electron chi connectivity index (χ3n) is 6.61. The Bertz CT molecular complexity index is 910. The maximum atomic E-state index is 13.1. The fourth-order valence-corrected chi connectivity index (χ4v) is 4.37. The van der Waals surface area contributed by atoms with Crippen LogP contribution in [0.4, 0.5) is 13.2 Å². The average molecular weight is 451 g/mol. The van der Waals surface area contributed by atoms with Crippen LogP contribution in [0, 0.1) is 0 Å². The molecule has 174 valence electrons. The van der Waals surface area contributed by atoms with Crippen molar-refractivity contribution in [2.24, 2.45) is 0 Å². The highest BCUT2D eigenvalue weighted by Crippen LogP contribution is 2.40. The molecule has 1 aliphatic rings. The highest BCUT2D eigenvalue weighted by molar-refractivity contribution is 5.94. The zero-order chi connectivity index (χ0) is 23.6. The fraction of sp³-hybridized carbons (Fsp3) is 0.522. The van der Waals surface area contributed by atoms with E-state index in [1.54, 1.807) is 23.5 Å². The summed E-state index contributed by atoms with van der Waals surface area (Å²) in [5.41, 5.74) is -2.79. The quantitative estimate of drug-likeness (QED) is 0.701. The van der Waals surface area contributed by atoms with Gasteiger partial charge in [-0.15, -0.1) is 0 Å². The number of rotatable bonds is 6. The van der Waals surface area contributed by atoms with Crippen molar-refractivity contribution in [2.75, 3.05) is 13.2 Å². The van der Waals surface area contributed by atoms with Crippen molar-refractivity contribution in [3.8, 4) is 0 Å². The number of aromatic nitrogens is 2. The lowest BCUT2D eigenvalue weighted by atomic mass is 9.70. The first-order chi connectivity index (χ1) is 15.1. The van der Waals surface area contributed by atoms with Crippen molar-refractivity contribution in [2.45, 2.75) is 62.8 Å². The zero-order valence-electron chi connectivity index (χ0n) is 18.1. The van der Waals surface area contributed by atoms with Gasteiger partial charge in [0, 0.05) is 42.2 Å². The van der Waals surface area contributed by atoms with E-state index in [0.29, 0.717) is 39.2 Å². The number of carbonyl (C=O) groups excluding carboxylic acids is 1. The van der Waals surface area contributed by atoms with Gasteiger partial charge in [0.2, 0.25) is 0 Å². The number of halogens is 3. The van der Waals surface area contributed by atoms with E-state index in [-0.39, 0.29) is 29.7 Å². The van der Waals surface area contributed by atoms with Crippen molar-refractivity contribution in [3.63, 3.8) is 0 Å². The Morgan fingerprint density at radius 1 is 1.19 bits per heavy atom. The summed E-state index contributed by atoms with van der Waals surface area (Å²) in [6, 6.07) is 4.87. The molecule has 1 aromatic heterocycles. The van der Waals surface area contributed by atoms with Crippen LogP contribution in [-0.2, 0) is 11.0 Å². The molecule has 1 aliphatic carbocycles. The predicted octanol–water partition coefficient (Wildman–Crippen LogP) is 3.58. The molecule has 1 aromatic carbocycles. The van der Waals surface area contributed by atoms with Crippen molar-refractivity contribution >= 4 is 5.91 Å². The molecule has 1 heterocycles. The predicted molar refractivity (Wildman–Crippen MR) is 112 cm³/mol. The molecule has 6 nitrogen and oxygen atoms in total. The zero-order valence-corrected chi connectivity index (χ0v) is 18.1. The Morgan fingerprint density at radius 3 is 2.28 bits per heavy atom. The Kier molecular flexibility index (Phi) is 6.90. The maximum absolute atomic E-state index is 13.1. The van der Waals surface area contributed by atoms with E-state index < -0.39 is 17.2 Å². The van der Waals surface area contributed by atoms with Crippen LogP contribution in [0.2, 0.25) is 0 Å². The van der Waals surface area contributed by atoms with Gasteiger partial charge in [0.05, 0.1) is 12.3 Å². The van der Waals surface area contributed by atoms with Gasteiger partial charge >= 0.3 is 6.18 Å². The smallest absolute Gasteiger partial charge is 0.395 e. The van der Waals surface area contributed by atoms with Crippen LogP contribution in [0.3, 0.4) is 0 Å². The first-order valence-corrected chi connectivity index (χ1v) is 10.6. The number of carbonyl (C=O) groups is 1. The molecule has 1 atom stereocenters. The fourth-order valence-electron chi connectivity index (χ4n) is 4.37. The molecule has 0 radical (unpaired) electrons. The minimum atomic E-state index is -4.82. The first kappa shape index (κ1) is 24.1. The third-order valence-corrected chi connectivity index (χ3v) is 6.61. The minimum absolute atomic E-state index is 0.0539. The molecule has 0 spiro atoms.